The molecule has 0 saturated carbocycles. The Balaban J connectivity index is 2.29. The average molecular weight is 327 g/mol. The van der Waals surface area contributed by atoms with E-state index >= 15 is 0 Å². The average Bonchev–Trinajstić information content (AvgIpc) is 2.52. The normalized spacial score (nSPS) is 24.2. The van der Waals surface area contributed by atoms with E-state index in [1.807, 2.05) is 0 Å². The van der Waals surface area contributed by atoms with Crippen molar-refractivity contribution in [3.8, 4) is 11.3 Å². The molecule has 0 aliphatic carbocycles. The Kier molecular flexibility index (Phi) is 4.10. The van der Waals surface area contributed by atoms with Gasteiger partial charge in [-0.1, -0.05) is 86.3 Å². The lowest BCUT2D eigenvalue weighted by Crippen LogP contribution is -2.60. The number of aromatic nitrogens is 1. The maximum absolute atomic E-state index is 4.87. The van der Waals surface area contributed by atoms with Crippen LogP contribution in [0.4, 0.5) is 0 Å². The highest BCUT2D eigenvalue weighted by atomic mass is 14.7. The van der Waals surface area contributed by atoms with Gasteiger partial charge < -0.3 is 0 Å². The van der Waals surface area contributed by atoms with Crippen molar-refractivity contribution in [3.63, 3.8) is 0 Å². The highest BCUT2D eigenvalue weighted by Crippen LogP contribution is 2.56. The van der Waals surface area contributed by atoms with Gasteiger partial charge in [0.2, 0.25) is 0 Å². The molecule has 1 aliphatic rings. The molecule has 0 bridgehead atoms. The quantitative estimate of drug-likeness (QED) is 0.726. The molecule has 1 unspecified atom stereocenters. The van der Waals surface area contributed by atoms with E-state index in [-0.39, 0.29) is 21.2 Å². The minimum Gasteiger partial charge on any atom is -0.256 e. The number of hydrogen-bond acceptors (Lipinski definition) is 1. The summed E-state index contributed by atoms with van der Waals surface area (Å²) >= 11 is 0. The Morgan fingerprint density at radius 3 is 2.12 bits per heavy atom. The molecule has 0 radical (unpaired) electrons. The highest BCUT2D eigenvalue weighted by Gasteiger charge is 2.54. The lowest BCUT2D eigenvalue weighted by atomic mass is 9.15. The van der Waals surface area contributed by atoms with E-state index in [0.717, 1.165) is 5.69 Å². The fourth-order valence-corrected chi connectivity index (χ4v) is 4.41. The molecule has 1 nitrogen and oxygen atoms in total. The van der Waals surface area contributed by atoms with Crippen LogP contribution in [0.25, 0.3) is 11.3 Å². The molecule has 25 heavy (non-hydrogen) atoms. The molecule has 1 aromatic heterocycles. The summed E-state index contributed by atoms with van der Waals surface area (Å²) in [6.45, 7) is 12.0. The number of pyridine rings is 1. The largest absolute Gasteiger partial charge is 0.256 e. The first-order valence-electron chi connectivity index (χ1n) is 9.47. The zero-order valence-electron chi connectivity index (χ0n) is 17.2. The van der Waals surface area contributed by atoms with Crippen LogP contribution in [0.1, 0.15) is 45.7 Å². The minimum atomic E-state index is 0.106. The van der Waals surface area contributed by atoms with Crippen LogP contribution in [0.2, 0.25) is 5.31 Å². The van der Waals surface area contributed by atoms with Crippen LogP contribution in [-0.2, 0) is 10.4 Å². The molecule has 3 rings (SSSR count). The molecule has 2 heterocycles. The van der Waals surface area contributed by atoms with Gasteiger partial charge in [-0.3, -0.25) is 4.98 Å². The van der Waals surface area contributed by atoms with Crippen molar-refractivity contribution in [2.45, 2.75) is 50.4 Å². The predicted molar refractivity (Wildman–Crippen MR) is 119 cm³/mol. The Bertz CT molecular complexity index is 793. The van der Waals surface area contributed by atoms with Gasteiger partial charge in [-0.05, 0) is 17.0 Å². The molecular weight excluding hydrogens is 297 g/mol. The van der Waals surface area contributed by atoms with E-state index in [2.05, 4.69) is 101 Å². The molecule has 1 aromatic carbocycles. The molecule has 5 heteroatoms. The van der Waals surface area contributed by atoms with Gasteiger partial charge >= 0.3 is 0 Å². The lowest BCUT2D eigenvalue weighted by Gasteiger charge is -2.58. The summed E-state index contributed by atoms with van der Waals surface area (Å²) in [5.41, 5.74) is 5.37. The molecule has 0 N–H and O–H groups in total. The number of hydrogen-bond donors (Lipinski definition) is 0. The van der Waals surface area contributed by atoms with Crippen LogP contribution in [-0.4, -0.2) is 35.8 Å². The first-order chi connectivity index (χ1) is 11.4. The fraction of sp³-hybridized carbons (Fsp3) is 0.450. The van der Waals surface area contributed by atoms with E-state index in [9.17, 15) is 0 Å². The summed E-state index contributed by atoms with van der Waals surface area (Å²) in [6.07, 6.45) is 2.16. The lowest BCUT2D eigenvalue weighted by molar-refractivity contribution is 0.333. The van der Waals surface area contributed by atoms with Gasteiger partial charge in [-0.2, -0.15) is 0 Å². The number of fused-ring (bicyclic) bond motifs is 1. The maximum Gasteiger partial charge on any atom is 0.130 e. The molecule has 0 saturated heterocycles. The van der Waals surface area contributed by atoms with Gasteiger partial charge in [0.15, 0.2) is 0 Å². The van der Waals surface area contributed by atoms with Crippen LogP contribution >= 0.6 is 0 Å². The third kappa shape index (κ3) is 2.71. The molecular formula is C20H29B4N. The summed E-state index contributed by atoms with van der Waals surface area (Å²) < 4.78 is 0. The Morgan fingerprint density at radius 1 is 0.960 bits per heavy atom. The molecule has 1 aliphatic heterocycles. The van der Waals surface area contributed by atoms with Crippen molar-refractivity contribution in [2.24, 2.45) is 5.41 Å². The Morgan fingerprint density at radius 2 is 1.56 bits per heavy atom. The van der Waals surface area contributed by atoms with Crippen molar-refractivity contribution in [3.05, 3.63) is 53.7 Å². The fourth-order valence-electron chi connectivity index (χ4n) is 4.41. The van der Waals surface area contributed by atoms with Gasteiger partial charge in [0.1, 0.15) is 30.8 Å². The number of nitrogens with zero attached hydrogens (tertiary/aromatic N) is 1. The zero-order valence-corrected chi connectivity index (χ0v) is 17.2. The Hall–Kier alpha value is -1.37. The van der Waals surface area contributed by atoms with Crippen molar-refractivity contribution in [2.75, 3.05) is 0 Å². The van der Waals surface area contributed by atoms with Crippen molar-refractivity contribution in [1.29, 1.82) is 0 Å². The van der Waals surface area contributed by atoms with Gasteiger partial charge in [-0.15, -0.1) is 0 Å². The second-order valence-corrected chi connectivity index (χ2v) is 10.2. The van der Waals surface area contributed by atoms with Crippen LogP contribution in [0, 0.1) is 5.41 Å². The minimum absolute atomic E-state index is 0.106. The first kappa shape index (κ1) is 18.4. The summed E-state index contributed by atoms with van der Waals surface area (Å²) in [5, 5.41) is 0.446. The third-order valence-electron chi connectivity index (χ3n) is 7.38. The second kappa shape index (κ2) is 5.56. The van der Waals surface area contributed by atoms with Gasteiger partial charge in [0, 0.05) is 11.8 Å². The third-order valence-corrected chi connectivity index (χ3v) is 7.38. The SMILES string of the molecule is BC1(B)c2cnc(-c3ccccc3)cc2C(B)(C(C)(C)C)BC1(C)C. The molecule has 0 amide bonds. The number of rotatable bonds is 1. The maximum atomic E-state index is 4.87. The molecule has 1 atom stereocenters. The van der Waals surface area contributed by atoms with E-state index in [4.69, 9.17) is 4.98 Å². The Labute approximate surface area is 156 Å². The second-order valence-electron chi connectivity index (χ2n) is 10.2. The van der Waals surface area contributed by atoms with Crippen LogP contribution in [0.3, 0.4) is 0 Å². The summed E-state index contributed by atoms with van der Waals surface area (Å²) in [5.74, 6) is 0. The first-order valence-corrected chi connectivity index (χ1v) is 9.47. The molecule has 0 spiro atoms. The van der Waals surface area contributed by atoms with E-state index in [1.54, 1.807) is 0 Å². The van der Waals surface area contributed by atoms with Gasteiger partial charge in [0.05, 0.1) is 5.69 Å². The van der Waals surface area contributed by atoms with E-state index in [1.165, 1.54) is 24.0 Å². The molecule has 0 fully saturated rings. The highest BCUT2D eigenvalue weighted by molar-refractivity contribution is 6.62. The zero-order chi connectivity index (χ0) is 18.7. The van der Waals surface area contributed by atoms with Gasteiger partial charge in [0.25, 0.3) is 0 Å². The summed E-state index contributed by atoms with van der Waals surface area (Å²) in [6, 6.07) is 12.9. The van der Waals surface area contributed by atoms with Crippen LogP contribution in [0.15, 0.2) is 42.6 Å². The smallest absolute Gasteiger partial charge is 0.130 e. The van der Waals surface area contributed by atoms with Crippen molar-refractivity contribution >= 4 is 30.8 Å². The topological polar surface area (TPSA) is 12.9 Å². The standard InChI is InChI=1S/C20H29B4N/c1-17(2,3)20(23)14-11-16(13-9-7-6-8-10-13)25-12-15(14)19(21,22)18(4,5)24-20/h6-12,24H,21-23H2,1-5H3. The predicted octanol–water partition coefficient (Wildman–Crippen LogP) is 1.65. The summed E-state index contributed by atoms with van der Waals surface area (Å²) in [7, 11) is 8.41. The molecule has 2 aromatic rings. The van der Waals surface area contributed by atoms with Crippen LogP contribution in [0.5, 0.6) is 0 Å². The van der Waals surface area contributed by atoms with Crippen molar-refractivity contribution < 1.29 is 0 Å². The number of benzene rings is 1. The monoisotopic (exact) mass is 327 g/mol. The summed E-state index contributed by atoms with van der Waals surface area (Å²) in [4.78, 5) is 4.87. The van der Waals surface area contributed by atoms with Crippen molar-refractivity contribution in [1.82, 2.24) is 4.98 Å². The van der Waals surface area contributed by atoms with Crippen LogP contribution < -0.4 is 0 Å². The van der Waals surface area contributed by atoms with E-state index < -0.39 is 0 Å². The van der Waals surface area contributed by atoms with Gasteiger partial charge in [-0.25, -0.2) is 0 Å². The molecule has 126 valence electrons. The van der Waals surface area contributed by atoms with E-state index in [0.29, 0.717) is 0 Å².